The Balaban J connectivity index is 2.21. The third-order valence-electron chi connectivity index (χ3n) is 6.08. The maximum atomic E-state index is 6.33. The third kappa shape index (κ3) is 7.70. The molecule has 9 heteroatoms. The normalized spacial score (nSPS) is 13.4. The topological polar surface area (TPSA) is 61.6 Å². The second-order valence-electron chi connectivity index (χ2n) is 10.2. The SMILES string of the molecule is CCOc1c(-c2cnc(Cl)cc2OC(C)CCO[Si](C)(C)C(C)(C)C)cnn1CCN(C)C. The number of halogens is 1. The number of ether oxygens (including phenoxy) is 2. The Hall–Kier alpha value is -1.61. The van der Waals surface area contributed by atoms with Crippen molar-refractivity contribution in [1.29, 1.82) is 0 Å². The van der Waals surface area contributed by atoms with E-state index in [1.165, 1.54) is 0 Å². The van der Waals surface area contributed by atoms with Crippen LogP contribution in [0.3, 0.4) is 0 Å². The summed E-state index contributed by atoms with van der Waals surface area (Å²) in [5.41, 5.74) is 1.66. The van der Waals surface area contributed by atoms with Crippen molar-refractivity contribution in [2.45, 2.75) is 71.8 Å². The first-order valence-corrected chi connectivity index (χ1v) is 14.9. The molecule has 0 amide bonds. The van der Waals surface area contributed by atoms with Gasteiger partial charge in [0.25, 0.3) is 0 Å². The first-order chi connectivity index (χ1) is 15.4. The van der Waals surface area contributed by atoms with Gasteiger partial charge in [0.05, 0.1) is 31.0 Å². The van der Waals surface area contributed by atoms with E-state index in [1.807, 2.05) is 31.9 Å². The lowest BCUT2D eigenvalue weighted by molar-refractivity contribution is 0.171. The molecule has 2 heterocycles. The highest BCUT2D eigenvalue weighted by molar-refractivity contribution is 6.74. The lowest BCUT2D eigenvalue weighted by Gasteiger charge is -2.36. The molecule has 0 fully saturated rings. The Morgan fingerprint density at radius 3 is 2.48 bits per heavy atom. The fraction of sp³-hybridized carbons (Fsp3) is 0.667. The van der Waals surface area contributed by atoms with Gasteiger partial charge in [0, 0.05) is 37.4 Å². The standard InChI is InChI=1S/C24H41ClN4O3Si/c1-10-30-23-20(17-27-29(23)13-12-28(6)7)19-16-26-22(25)15-21(19)32-18(2)11-14-31-33(8,9)24(3,4)5/h15-18H,10-14H2,1-9H3. The van der Waals surface area contributed by atoms with Gasteiger partial charge in [-0.15, -0.1) is 0 Å². The van der Waals surface area contributed by atoms with Crippen LogP contribution >= 0.6 is 11.6 Å². The van der Waals surface area contributed by atoms with E-state index in [0.717, 1.165) is 30.6 Å². The van der Waals surface area contributed by atoms with E-state index in [-0.39, 0.29) is 11.1 Å². The van der Waals surface area contributed by atoms with Gasteiger partial charge in [0.15, 0.2) is 8.32 Å². The van der Waals surface area contributed by atoms with E-state index < -0.39 is 8.32 Å². The largest absolute Gasteiger partial charge is 0.490 e. The van der Waals surface area contributed by atoms with Crippen LogP contribution in [0, 0.1) is 0 Å². The molecule has 2 aromatic heterocycles. The average Bonchev–Trinajstić information content (AvgIpc) is 3.08. The van der Waals surface area contributed by atoms with Crippen molar-refractivity contribution in [3.05, 3.63) is 23.6 Å². The number of hydrogen-bond acceptors (Lipinski definition) is 6. The lowest BCUT2D eigenvalue weighted by atomic mass is 10.1. The summed E-state index contributed by atoms with van der Waals surface area (Å²) in [6.45, 7) is 18.1. The summed E-state index contributed by atoms with van der Waals surface area (Å²) in [6, 6.07) is 1.76. The molecule has 0 radical (unpaired) electrons. The van der Waals surface area contributed by atoms with E-state index in [0.29, 0.717) is 30.0 Å². The molecule has 1 atom stereocenters. The van der Waals surface area contributed by atoms with Crippen molar-refractivity contribution >= 4 is 19.9 Å². The molecular formula is C24H41ClN4O3Si. The van der Waals surface area contributed by atoms with Crippen LogP contribution in [0.4, 0.5) is 0 Å². The zero-order chi connectivity index (χ0) is 24.8. The van der Waals surface area contributed by atoms with E-state index in [4.69, 9.17) is 25.5 Å². The summed E-state index contributed by atoms with van der Waals surface area (Å²) >= 11 is 6.22. The summed E-state index contributed by atoms with van der Waals surface area (Å²) in [5, 5.41) is 5.13. The molecule has 186 valence electrons. The van der Waals surface area contributed by atoms with Crippen molar-refractivity contribution < 1.29 is 13.9 Å². The van der Waals surface area contributed by atoms with Crippen LogP contribution in [0.2, 0.25) is 23.3 Å². The zero-order valence-electron chi connectivity index (χ0n) is 21.7. The predicted molar refractivity (Wildman–Crippen MR) is 138 cm³/mol. The molecule has 0 aromatic carbocycles. The van der Waals surface area contributed by atoms with Gasteiger partial charge in [-0.1, -0.05) is 32.4 Å². The molecule has 0 saturated heterocycles. The second kappa shape index (κ2) is 11.7. The smallest absolute Gasteiger partial charge is 0.220 e. The van der Waals surface area contributed by atoms with Gasteiger partial charge in [-0.2, -0.15) is 5.10 Å². The Labute approximate surface area is 205 Å². The summed E-state index contributed by atoms with van der Waals surface area (Å²) in [7, 11) is 2.29. The van der Waals surface area contributed by atoms with Crippen molar-refractivity contribution in [3.63, 3.8) is 0 Å². The summed E-state index contributed by atoms with van der Waals surface area (Å²) in [4.78, 5) is 6.41. The third-order valence-corrected chi connectivity index (χ3v) is 10.8. The van der Waals surface area contributed by atoms with Crippen LogP contribution in [-0.2, 0) is 11.0 Å². The molecule has 0 bridgehead atoms. The number of aromatic nitrogens is 3. The van der Waals surface area contributed by atoms with Crippen LogP contribution in [-0.4, -0.2) is 67.9 Å². The first kappa shape index (κ1) is 27.6. The number of likely N-dealkylation sites (N-methyl/N-ethyl adjacent to an activating group) is 1. The van der Waals surface area contributed by atoms with Gasteiger partial charge in [-0.3, -0.25) is 0 Å². The number of hydrogen-bond donors (Lipinski definition) is 0. The van der Waals surface area contributed by atoms with Crippen molar-refractivity contribution in [2.75, 3.05) is 33.9 Å². The van der Waals surface area contributed by atoms with Crippen LogP contribution in [0.5, 0.6) is 11.6 Å². The quantitative estimate of drug-likeness (QED) is 0.276. The average molecular weight is 497 g/mol. The number of pyridine rings is 1. The van der Waals surface area contributed by atoms with E-state index >= 15 is 0 Å². The lowest BCUT2D eigenvalue weighted by Crippen LogP contribution is -2.41. The number of rotatable bonds is 12. The molecule has 0 spiro atoms. The van der Waals surface area contributed by atoms with Crippen LogP contribution in [0.15, 0.2) is 18.5 Å². The second-order valence-corrected chi connectivity index (χ2v) is 15.3. The molecule has 0 N–H and O–H groups in total. The number of nitrogens with zero attached hydrogens (tertiary/aromatic N) is 4. The van der Waals surface area contributed by atoms with Crippen LogP contribution < -0.4 is 9.47 Å². The molecule has 0 saturated carbocycles. The molecule has 33 heavy (non-hydrogen) atoms. The molecule has 0 aliphatic rings. The van der Waals surface area contributed by atoms with Gasteiger partial charge in [0.2, 0.25) is 5.88 Å². The molecule has 0 aliphatic heterocycles. The Kier molecular flexibility index (Phi) is 9.78. The minimum absolute atomic E-state index is 0.0497. The van der Waals surface area contributed by atoms with Crippen molar-refractivity contribution in [2.24, 2.45) is 0 Å². The highest BCUT2D eigenvalue weighted by atomic mass is 35.5. The molecule has 2 aromatic rings. The first-order valence-electron chi connectivity index (χ1n) is 11.7. The summed E-state index contributed by atoms with van der Waals surface area (Å²) < 4.78 is 20.5. The van der Waals surface area contributed by atoms with E-state index in [1.54, 1.807) is 12.3 Å². The Morgan fingerprint density at radius 2 is 1.88 bits per heavy atom. The minimum atomic E-state index is -1.78. The maximum Gasteiger partial charge on any atom is 0.220 e. The fourth-order valence-electron chi connectivity index (χ4n) is 2.99. The zero-order valence-corrected chi connectivity index (χ0v) is 23.5. The van der Waals surface area contributed by atoms with Crippen molar-refractivity contribution in [3.8, 4) is 22.8 Å². The van der Waals surface area contributed by atoms with Crippen molar-refractivity contribution in [1.82, 2.24) is 19.7 Å². The molecule has 7 nitrogen and oxygen atoms in total. The summed E-state index contributed by atoms with van der Waals surface area (Å²) in [6.07, 6.45) is 4.27. The van der Waals surface area contributed by atoms with Gasteiger partial charge < -0.3 is 18.8 Å². The highest BCUT2D eigenvalue weighted by Gasteiger charge is 2.37. The van der Waals surface area contributed by atoms with E-state index in [2.05, 4.69) is 55.8 Å². The van der Waals surface area contributed by atoms with Crippen LogP contribution in [0.1, 0.15) is 41.0 Å². The maximum absolute atomic E-state index is 6.33. The Morgan fingerprint density at radius 1 is 1.18 bits per heavy atom. The molecule has 2 rings (SSSR count). The van der Waals surface area contributed by atoms with Gasteiger partial charge >= 0.3 is 0 Å². The molecular weight excluding hydrogens is 456 g/mol. The van der Waals surface area contributed by atoms with Gasteiger partial charge in [-0.25, -0.2) is 9.67 Å². The minimum Gasteiger partial charge on any atom is -0.490 e. The Bertz CT molecular complexity index is 896. The monoisotopic (exact) mass is 496 g/mol. The van der Waals surface area contributed by atoms with E-state index in [9.17, 15) is 0 Å². The predicted octanol–water partition coefficient (Wildman–Crippen LogP) is 5.74. The van der Waals surface area contributed by atoms with Gasteiger partial charge in [-0.05, 0) is 46.1 Å². The summed E-state index contributed by atoms with van der Waals surface area (Å²) in [5.74, 6) is 1.38. The molecule has 0 aliphatic carbocycles. The fourth-order valence-corrected chi connectivity index (χ4v) is 4.20. The highest BCUT2D eigenvalue weighted by Crippen LogP contribution is 2.38. The van der Waals surface area contributed by atoms with Gasteiger partial charge in [0.1, 0.15) is 10.9 Å². The van der Waals surface area contributed by atoms with Crippen LogP contribution in [0.25, 0.3) is 11.1 Å². The molecule has 1 unspecified atom stereocenters.